The molecule has 2 aromatic rings. The normalized spacial score (nSPS) is 12.7. The highest BCUT2D eigenvalue weighted by Crippen LogP contribution is 2.39. The first-order valence-electron chi connectivity index (χ1n) is 6.25. The van der Waals surface area contributed by atoms with Gasteiger partial charge < -0.3 is 14.8 Å². The van der Waals surface area contributed by atoms with Crippen LogP contribution in [0.1, 0.15) is 11.1 Å². The van der Waals surface area contributed by atoms with Crippen LogP contribution >= 0.6 is 27.5 Å². The Labute approximate surface area is 131 Å². The fourth-order valence-electron chi connectivity index (χ4n) is 2.12. The second-order valence-corrected chi connectivity index (χ2v) is 5.84. The molecular weight excluding hydrogens is 342 g/mol. The first-order valence-corrected chi connectivity index (χ1v) is 7.42. The van der Waals surface area contributed by atoms with E-state index in [0.717, 1.165) is 45.2 Å². The van der Waals surface area contributed by atoms with Gasteiger partial charge in [-0.2, -0.15) is 0 Å². The molecule has 0 radical (unpaired) electrons. The van der Waals surface area contributed by atoms with Gasteiger partial charge in [0, 0.05) is 18.1 Å². The molecule has 1 heterocycles. The van der Waals surface area contributed by atoms with Gasteiger partial charge in [0.25, 0.3) is 0 Å². The molecular formula is C15H13BrClNO2. The molecule has 0 bridgehead atoms. The van der Waals surface area contributed by atoms with Crippen molar-refractivity contribution in [3.05, 3.63) is 57.0 Å². The summed E-state index contributed by atoms with van der Waals surface area (Å²) in [5.74, 6) is 1.57. The molecule has 1 N–H and O–H groups in total. The number of benzene rings is 2. The molecule has 1 aliphatic rings. The van der Waals surface area contributed by atoms with Crippen LogP contribution in [0.3, 0.4) is 0 Å². The molecule has 0 spiro atoms. The molecule has 0 fully saturated rings. The molecule has 0 unspecified atom stereocenters. The van der Waals surface area contributed by atoms with Crippen LogP contribution in [0.25, 0.3) is 0 Å². The molecule has 0 saturated carbocycles. The lowest BCUT2D eigenvalue weighted by Gasteiger charge is -2.07. The van der Waals surface area contributed by atoms with E-state index in [1.807, 2.05) is 30.3 Å². The number of fused-ring (bicyclic) bond motifs is 1. The van der Waals surface area contributed by atoms with E-state index in [-0.39, 0.29) is 6.79 Å². The highest BCUT2D eigenvalue weighted by molar-refractivity contribution is 9.10. The summed E-state index contributed by atoms with van der Waals surface area (Å²) in [6.45, 7) is 1.81. The van der Waals surface area contributed by atoms with E-state index >= 15 is 0 Å². The summed E-state index contributed by atoms with van der Waals surface area (Å²) < 4.78 is 11.7. The molecule has 2 aromatic carbocycles. The van der Waals surface area contributed by atoms with Crippen molar-refractivity contribution in [3.63, 3.8) is 0 Å². The van der Waals surface area contributed by atoms with Crippen molar-refractivity contribution in [2.45, 2.75) is 13.1 Å². The minimum absolute atomic E-state index is 0.285. The van der Waals surface area contributed by atoms with Crippen LogP contribution in [0.2, 0.25) is 5.02 Å². The summed E-state index contributed by atoms with van der Waals surface area (Å²) in [6, 6.07) is 11.9. The summed E-state index contributed by atoms with van der Waals surface area (Å²) in [6.07, 6.45) is 0. The molecule has 20 heavy (non-hydrogen) atoms. The molecule has 104 valence electrons. The third kappa shape index (κ3) is 3.08. The quantitative estimate of drug-likeness (QED) is 0.896. The number of rotatable bonds is 4. The van der Waals surface area contributed by atoms with Crippen LogP contribution in [0.4, 0.5) is 0 Å². The average molecular weight is 355 g/mol. The van der Waals surface area contributed by atoms with E-state index in [1.54, 1.807) is 0 Å². The number of hydrogen-bond donors (Lipinski definition) is 1. The third-order valence-corrected chi connectivity index (χ3v) is 3.86. The lowest BCUT2D eigenvalue weighted by atomic mass is 10.2. The minimum atomic E-state index is 0.285. The Balaban J connectivity index is 1.63. The minimum Gasteiger partial charge on any atom is -0.454 e. The maximum atomic E-state index is 5.96. The van der Waals surface area contributed by atoms with E-state index < -0.39 is 0 Å². The topological polar surface area (TPSA) is 30.5 Å². The number of ether oxygens (including phenoxy) is 2. The second-order valence-electron chi connectivity index (χ2n) is 4.54. The van der Waals surface area contributed by atoms with Crippen molar-refractivity contribution >= 4 is 27.5 Å². The molecule has 1 aliphatic heterocycles. The SMILES string of the molecule is Clc1cccc(CNCc2cc(Br)c3c(c2)OCO3)c1. The fraction of sp³-hybridized carbons (Fsp3) is 0.200. The summed E-state index contributed by atoms with van der Waals surface area (Å²) in [4.78, 5) is 0. The van der Waals surface area contributed by atoms with Gasteiger partial charge in [0.15, 0.2) is 11.5 Å². The first kappa shape index (κ1) is 13.7. The van der Waals surface area contributed by atoms with Gasteiger partial charge in [-0.3, -0.25) is 0 Å². The highest BCUT2D eigenvalue weighted by Gasteiger charge is 2.17. The Bertz CT molecular complexity index is 633. The van der Waals surface area contributed by atoms with Crippen molar-refractivity contribution < 1.29 is 9.47 Å². The standard InChI is InChI=1S/C15H13BrClNO2/c16-13-5-11(6-14-15(13)20-9-19-14)8-18-7-10-2-1-3-12(17)4-10/h1-6,18H,7-9H2. The zero-order valence-corrected chi connectivity index (χ0v) is 13.0. The van der Waals surface area contributed by atoms with E-state index in [9.17, 15) is 0 Å². The van der Waals surface area contributed by atoms with Crippen molar-refractivity contribution in [2.24, 2.45) is 0 Å². The number of nitrogens with one attached hydrogen (secondary N) is 1. The molecule has 0 saturated heterocycles. The molecule has 0 amide bonds. The van der Waals surface area contributed by atoms with Gasteiger partial charge in [-0.1, -0.05) is 23.7 Å². The Morgan fingerprint density at radius 1 is 1.10 bits per heavy atom. The Morgan fingerprint density at radius 2 is 1.95 bits per heavy atom. The van der Waals surface area contributed by atoms with Crippen molar-refractivity contribution in [2.75, 3.05) is 6.79 Å². The number of hydrogen-bond acceptors (Lipinski definition) is 3. The zero-order chi connectivity index (χ0) is 13.9. The highest BCUT2D eigenvalue weighted by atomic mass is 79.9. The van der Waals surface area contributed by atoms with Crippen molar-refractivity contribution in [1.82, 2.24) is 5.32 Å². The van der Waals surface area contributed by atoms with Crippen molar-refractivity contribution in [3.8, 4) is 11.5 Å². The average Bonchev–Trinajstić information content (AvgIpc) is 2.88. The van der Waals surface area contributed by atoms with Crippen molar-refractivity contribution in [1.29, 1.82) is 0 Å². The fourth-order valence-corrected chi connectivity index (χ4v) is 2.94. The van der Waals surface area contributed by atoms with E-state index in [0.29, 0.717) is 0 Å². The Hall–Kier alpha value is -1.23. The van der Waals surface area contributed by atoms with Gasteiger partial charge in [0.2, 0.25) is 6.79 Å². The lowest BCUT2D eigenvalue weighted by molar-refractivity contribution is 0.173. The number of halogens is 2. The maximum Gasteiger partial charge on any atom is 0.231 e. The van der Waals surface area contributed by atoms with Gasteiger partial charge in [-0.15, -0.1) is 0 Å². The largest absolute Gasteiger partial charge is 0.454 e. The van der Waals surface area contributed by atoms with Crippen LogP contribution < -0.4 is 14.8 Å². The first-order chi connectivity index (χ1) is 9.72. The smallest absolute Gasteiger partial charge is 0.231 e. The van der Waals surface area contributed by atoms with Gasteiger partial charge in [-0.25, -0.2) is 0 Å². The van der Waals surface area contributed by atoms with Gasteiger partial charge in [0.1, 0.15) is 0 Å². The predicted octanol–water partition coefficient (Wildman–Crippen LogP) is 4.12. The summed E-state index contributed by atoms with van der Waals surface area (Å²) in [5.41, 5.74) is 2.31. The van der Waals surface area contributed by atoms with E-state index in [2.05, 4.69) is 27.3 Å². The van der Waals surface area contributed by atoms with E-state index in [1.165, 1.54) is 0 Å². The van der Waals surface area contributed by atoms with Crippen LogP contribution in [0.5, 0.6) is 11.5 Å². The van der Waals surface area contributed by atoms with Crippen LogP contribution in [-0.2, 0) is 13.1 Å². The molecule has 3 rings (SSSR count). The monoisotopic (exact) mass is 353 g/mol. The molecule has 0 aliphatic carbocycles. The Morgan fingerprint density at radius 3 is 2.80 bits per heavy atom. The summed E-state index contributed by atoms with van der Waals surface area (Å²) in [5, 5.41) is 4.15. The van der Waals surface area contributed by atoms with E-state index in [4.69, 9.17) is 21.1 Å². The molecule has 0 atom stereocenters. The summed E-state index contributed by atoms with van der Waals surface area (Å²) in [7, 11) is 0. The third-order valence-electron chi connectivity index (χ3n) is 3.03. The molecule has 3 nitrogen and oxygen atoms in total. The van der Waals surface area contributed by atoms with Gasteiger partial charge >= 0.3 is 0 Å². The summed E-state index contributed by atoms with van der Waals surface area (Å²) >= 11 is 9.46. The molecule has 0 aromatic heterocycles. The predicted molar refractivity (Wildman–Crippen MR) is 82.3 cm³/mol. The van der Waals surface area contributed by atoms with Crippen LogP contribution in [0, 0.1) is 0 Å². The second kappa shape index (κ2) is 6.04. The van der Waals surface area contributed by atoms with Crippen LogP contribution in [0.15, 0.2) is 40.9 Å². The van der Waals surface area contributed by atoms with Gasteiger partial charge in [0.05, 0.1) is 4.47 Å². The molecule has 5 heteroatoms. The zero-order valence-electron chi connectivity index (χ0n) is 10.7. The Kier molecular flexibility index (Phi) is 4.15. The maximum absolute atomic E-state index is 5.96. The van der Waals surface area contributed by atoms with Gasteiger partial charge in [-0.05, 0) is 51.3 Å². The lowest BCUT2D eigenvalue weighted by Crippen LogP contribution is -2.12. The van der Waals surface area contributed by atoms with Crippen LogP contribution in [-0.4, -0.2) is 6.79 Å².